The van der Waals surface area contributed by atoms with Crippen LogP contribution in [0.4, 0.5) is 0 Å². The molecule has 0 fully saturated rings. The molecule has 2 aliphatic carbocycles. The van der Waals surface area contributed by atoms with Crippen LogP contribution >= 0.6 is 17.0 Å². The molecule has 0 spiro atoms. The molecular formula is C57H60Cl2Zr. The molecule has 0 aromatic heterocycles. The van der Waals surface area contributed by atoms with Crippen molar-refractivity contribution in [3.05, 3.63) is 201 Å². The maximum absolute atomic E-state index is 9.47. The fraction of sp³-hybridized carbons (Fsp3) is 0.281. The Bertz CT molecular complexity index is 2480. The fourth-order valence-corrected chi connectivity index (χ4v) is 33.3. The van der Waals surface area contributed by atoms with Gasteiger partial charge in [-0.2, -0.15) is 0 Å². The minimum absolute atomic E-state index is 0.00244. The van der Waals surface area contributed by atoms with Gasteiger partial charge in [-0.1, -0.05) is 0 Å². The van der Waals surface area contributed by atoms with Crippen LogP contribution in [0.1, 0.15) is 133 Å². The average molecular weight is 907 g/mol. The van der Waals surface area contributed by atoms with Gasteiger partial charge in [-0.3, -0.25) is 0 Å². The van der Waals surface area contributed by atoms with Crippen LogP contribution in [0.5, 0.6) is 0 Å². The topological polar surface area (TPSA) is 0 Å². The van der Waals surface area contributed by atoms with E-state index in [4.69, 9.17) is 0 Å². The average Bonchev–Trinajstić information content (AvgIpc) is 3.81. The summed E-state index contributed by atoms with van der Waals surface area (Å²) in [6, 6.07) is 54.1. The normalized spacial score (nSPS) is 16.6. The van der Waals surface area contributed by atoms with Crippen LogP contribution in [0.25, 0.3) is 34.4 Å². The van der Waals surface area contributed by atoms with Gasteiger partial charge in [0.2, 0.25) is 0 Å². The first-order valence-electron chi connectivity index (χ1n) is 22.1. The van der Waals surface area contributed by atoms with Crippen molar-refractivity contribution >= 4 is 32.4 Å². The predicted molar refractivity (Wildman–Crippen MR) is 260 cm³/mol. The second-order valence-corrected chi connectivity index (χ2v) is 39.8. The van der Waals surface area contributed by atoms with E-state index in [1.165, 1.54) is 66.8 Å². The third-order valence-corrected chi connectivity index (χ3v) is 32.9. The van der Waals surface area contributed by atoms with E-state index in [-0.39, 0.29) is 18.1 Å². The molecule has 0 saturated carbocycles. The summed E-state index contributed by atoms with van der Waals surface area (Å²) in [6.45, 7) is 18.3. The van der Waals surface area contributed by atoms with E-state index in [1.54, 1.807) is 0 Å². The van der Waals surface area contributed by atoms with Gasteiger partial charge in [0.15, 0.2) is 0 Å². The van der Waals surface area contributed by atoms with E-state index >= 15 is 0 Å². The molecule has 0 aliphatic heterocycles. The Balaban J connectivity index is 1.56. The second-order valence-electron chi connectivity index (χ2n) is 19.3. The van der Waals surface area contributed by atoms with Gasteiger partial charge in [-0.25, -0.2) is 0 Å². The summed E-state index contributed by atoms with van der Waals surface area (Å²) in [5, 5.41) is 0. The maximum atomic E-state index is 9.47. The molecule has 2 unspecified atom stereocenters. The van der Waals surface area contributed by atoms with Gasteiger partial charge in [-0.05, 0) is 0 Å². The van der Waals surface area contributed by atoms with Crippen molar-refractivity contribution in [2.45, 2.75) is 99.2 Å². The molecule has 6 aromatic rings. The number of halogens is 2. The molecule has 2 atom stereocenters. The van der Waals surface area contributed by atoms with Crippen LogP contribution in [0.2, 0.25) is 0 Å². The minimum atomic E-state index is -5.86. The predicted octanol–water partition coefficient (Wildman–Crippen LogP) is 17.1. The molecule has 0 bridgehead atoms. The van der Waals surface area contributed by atoms with Crippen LogP contribution in [0.15, 0.2) is 157 Å². The molecule has 0 N–H and O–H groups in total. The molecule has 0 heterocycles. The molecule has 0 radical (unpaired) electrons. The monoisotopic (exact) mass is 904 g/mol. The summed E-state index contributed by atoms with van der Waals surface area (Å²) in [4.78, 5) is 0. The number of benzene rings is 6. The first-order chi connectivity index (χ1) is 28.6. The third-order valence-electron chi connectivity index (χ3n) is 13.2. The Labute approximate surface area is 368 Å². The zero-order valence-electron chi connectivity index (χ0n) is 36.8. The van der Waals surface area contributed by atoms with Gasteiger partial charge >= 0.3 is 371 Å². The van der Waals surface area contributed by atoms with Crippen molar-refractivity contribution in [3.63, 3.8) is 0 Å². The summed E-state index contributed by atoms with van der Waals surface area (Å²) in [5.41, 5.74) is 17.6. The first kappa shape index (κ1) is 42.8. The Morgan fingerprint density at radius 3 is 1.17 bits per heavy atom. The van der Waals surface area contributed by atoms with E-state index < -0.39 is 15.9 Å². The summed E-state index contributed by atoms with van der Waals surface area (Å²) >= 11 is -5.86. The molecule has 8 rings (SSSR count). The Morgan fingerprint density at radius 2 is 0.833 bits per heavy atom. The van der Waals surface area contributed by atoms with E-state index in [1.807, 2.05) is 0 Å². The van der Waals surface area contributed by atoms with Crippen molar-refractivity contribution in [2.75, 3.05) is 0 Å². The van der Waals surface area contributed by atoms with Crippen molar-refractivity contribution in [2.24, 2.45) is 0 Å². The van der Waals surface area contributed by atoms with Crippen LogP contribution in [0, 0.1) is 0 Å². The van der Waals surface area contributed by atoms with E-state index in [0.29, 0.717) is 0 Å². The summed E-state index contributed by atoms with van der Waals surface area (Å²) in [5.74, 6) is 0. The third kappa shape index (κ3) is 7.56. The van der Waals surface area contributed by atoms with Crippen molar-refractivity contribution < 1.29 is 15.9 Å². The van der Waals surface area contributed by atoms with E-state index in [9.17, 15) is 17.0 Å². The number of rotatable bonds is 10. The van der Waals surface area contributed by atoms with E-state index in [0.717, 1.165) is 40.0 Å². The molecule has 0 amide bonds. The van der Waals surface area contributed by atoms with Gasteiger partial charge in [0.25, 0.3) is 0 Å². The number of hydrogen-bond acceptors (Lipinski definition) is 0. The second kappa shape index (κ2) is 16.4. The van der Waals surface area contributed by atoms with Gasteiger partial charge < -0.3 is 0 Å². The van der Waals surface area contributed by atoms with Crippen LogP contribution in [-0.4, -0.2) is 3.21 Å². The van der Waals surface area contributed by atoms with Crippen LogP contribution in [0.3, 0.4) is 0 Å². The van der Waals surface area contributed by atoms with Crippen LogP contribution < -0.4 is 0 Å². The summed E-state index contributed by atoms with van der Waals surface area (Å²) in [6.07, 6.45) is 8.84. The van der Waals surface area contributed by atoms with Crippen molar-refractivity contribution in [1.82, 2.24) is 0 Å². The number of fused-ring (bicyclic) bond motifs is 2. The molecule has 3 heteroatoms. The first-order valence-corrected chi connectivity index (χ1v) is 32.5. The zero-order chi connectivity index (χ0) is 42.5. The van der Waals surface area contributed by atoms with Crippen molar-refractivity contribution in [3.8, 4) is 22.3 Å². The van der Waals surface area contributed by atoms with Crippen LogP contribution in [-0.2, 0) is 26.7 Å². The Morgan fingerprint density at radius 1 is 0.467 bits per heavy atom. The fourth-order valence-electron chi connectivity index (χ4n) is 10.4. The molecule has 0 saturated heterocycles. The quantitative estimate of drug-likeness (QED) is 0.128. The zero-order valence-corrected chi connectivity index (χ0v) is 40.7. The molecule has 60 heavy (non-hydrogen) atoms. The van der Waals surface area contributed by atoms with Gasteiger partial charge in [-0.15, -0.1) is 0 Å². The van der Waals surface area contributed by atoms with Gasteiger partial charge in [0.05, 0.1) is 0 Å². The summed E-state index contributed by atoms with van der Waals surface area (Å²) in [7, 11) is 18.9. The van der Waals surface area contributed by atoms with Gasteiger partial charge in [0.1, 0.15) is 0 Å². The molecule has 2 aliphatic rings. The molecular weight excluding hydrogens is 847 g/mol. The molecule has 0 nitrogen and oxygen atoms in total. The van der Waals surface area contributed by atoms with E-state index in [2.05, 4.69) is 213 Å². The summed E-state index contributed by atoms with van der Waals surface area (Å²) < 4.78 is 0.838. The number of allylic oxidation sites excluding steroid dienone is 2. The van der Waals surface area contributed by atoms with Crippen molar-refractivity contribution in [1.29, 1.82) is 0 Å². The van der Waals surface area contributed by atoms with Gasteiger partial charge in [0, 0.05) is 0 Å². The standard InChI is InChI=1S/C21H26.2C18H17.2ClH.Zr/c1-20(2,3)18-11-7-16(8-12-18)15-17-9-13-19(14-10-17)21(4,5)6;2*1-2-7-14-12-16-10-6-11-17(18(16)13-14)15-8-4-3-5-9-15;;;/h7-14H,1-6H3;2*3-6,8-13H,2,7H2,1H3;2*1H;/q;;;;;+2/p-2. The number of hydrogen-bond donors (Lipinski definition) is 0. The Kier molecular flexibility index (Phi) is 11.7. The SMILES string of the molecule is CCCC1=Cc2c(-c3ccccc3)cccc2[CH]1[Zr]([Cl])([Cl])(=[C](c1ccc(C(C)(C)C)cc1)c1ccc(C(C)(C)C)cc1)[CH]1C(CCC)=Cc2c(-c3ccccc3)cccc21. The molecule has 306 valence electrons. The molecule has 6 aromatic carbocycles. The Hall–Kier alpha value is -3.87.